The third kappa shape index (κ3) is 3.32. The highest BCUT2D eigenvalue weighted by atomic mass is 16.4. The van der Waals surface area contributed by atoms with Crippen LogP contribution in [0.25, 0.3) is 0 Å². The summed E-state index contributed by atoms with van der Waals surface area (Å²) in [5, 5.41) is 21.1. The van der Waals surface area contributed by atoms with E-state index < -0.39 is 23.1 Å². The zero-order chi connectivity index (χ0) is 17.9. The predicted molar refractivity (Wildman–Crippen MR) is 85.8 cm³/mol. The molecule has 0 fully saturated rings. The van der Waals surface area contributed by atoms with Crippen LogP contribution in [0.5, 0.6) is 5.88 Å². The minimum atomic E-state index is -1.36. The molecule has 0 amide bonds. The van der Waals surface area contributed by atoms with E-state index >= 15 is 0 Å². The van der Waals surface area contributed by atoms with Gasteiger partial charge in [0.1, 0.15) is 5.56 Å². The fourth-order valence-corrected chi connectivity index (χ4v) is 2.14. The fraction of sp³-hybridized carbons (Fsp3) is 0.125. The number of carbonyl (C=O) groups is 1. The molecular weight excluding hydrogens is 314 g/mol. The molecule has 24 heavy (non-hydrogen) atoms. The highest BCUT2D eigenvalue weighted by Crippen LogP contribution is 2.18. The smallest absolute Gasteiger partial charge is 0.331 e. The zero-order valence-electron chi connectivity index (χ0n) is 12.8. The van der Waals surface area contributed by atoms with Crippen molar-refractivity contribution in [2.45, 2.75) is 13.5 Å². The molecule has 0 aliphatic carbocycles. The first-order chi connectivity index (χ1) is 11.3. The second-order valence-corrected chi connectivity index (χ2v) is 4.89. The zero-order valence-corrected chi connectivity index (χ0v) is 12.8. The summed E-state index contributed by atoms with van der Waals surface area (Å²) in [7, 11) is 0. The van der Waals surface area contributed by atoms with Gasteiger partial charge in [0.15, 0.2) is 0 Å². The van der Waals surface area contributed by atoms with E-state index in [1.54, 1.807) is 0 Å². The molecule has 2 N–H and O–H groups in total. The van der Waals surface area contributed by atoms with Crippen molar-refractivity contribution in [3.63, 3.8) is 0 Å². The van der Waals surface area contributed by atoms with Crippen LogP contribution in [0, 0.1) is 0 Å². The van der Waals surface area contributed by atoms with E-state index in [4.69, 9.17) is 0 Å². The summed E-state index contributed by atoms with van der Waals surface area (Å²) in [6.07, 6.45) is 1.39. The number of aliphatic imine (C=N–C) groups is 1. The summed E-state index contributed by atoms with van der Waals surface area (Å²) in [5.74, 6) is -1.90. The number of carboxylic acid groups (broad SMARTS) is 1. The molecular formula is C16H14N3O5-. The number of benzene rings is 1. The molecule has 1 aromatic carbocycles. The van der Waals surface area contributed by atoms with Crippen molar-refractivity contribution in [3.8, 4) is 5.88 Å². The highest BCUT2D eigenvalue weighted by molar-refractivity contribution is 6.01. The number of nitrogens with one attached hydrogen (secondary N) is 1. The van der Waals surface area contributed by atoms with E-state index in [1.165, 1.54) is 37.3 Å². The van der Waals surface area contributed by atoms with Gasteiger partial charge >= 0.3 is 5.69 Å². The number of H-pyrrole nitrogens is 1. The van der Waals surface area contributed by atoms with Crippen LogP contribution in [0.1, 0.15) is 22.8 Å². The van der Waals surface area contributed by atoms with E-state index in [-0.39, 0.29) is 29.1 Å². The number of aromatic carboxylic acids is 1. The Kier molecular flexibility index (Phi) is 4.78. The maximum absolute atomic E-state index is 12.0. The number of aromatic amines is 1. The molecule has 0 radical (unpaired) electrons. The summed E-state index contributed by atoms with van der Waals surface area (Å²) in [5.41, 5.74) is -1.45. The van der Waals surface area contributed by atoms with Gasteiger partial charge < -0.3 is 15.0 Å². The lowest BCUT2D eigenvalue weighted by molar-refractivity contribution is -0.255. The number of rotatable bonds is 5. The van der Waals surface area contributed by atoms with Gasteiger partial charge in [-0.05, 0) is 24.6 Å². The lowest BCUT2D eigenvalue weighted by Crippen LogP contribution is -2.33. The maximum atomic E-state index is 12.0. The van der Waals surface area contributed by atoms with Gasteiger partial charge in [-0.3, -0.25) is 19.3 Å². The average Bonchev–Trinajstić information content (AvgIpc) is 2.51. The largest absolute Gasteiger partial charge is 0.545 e. The molecule has 0 atom stereocenters. The van der Waals surface area contributed by atoms with Crippen LogP contribution in [-0.4, -0.2) is 26.3 Å². The van der Waals surface area contributed by atoms with Crippen molar-refractivity contribution in [1.82, 2.24) is 9.55 Å². The third-order valence-electron chi connectivity index (χ3n) is 3.22. The summed E-state index contributed by atoms with van der Waals surface area (Å²) in [6, 6.07) is 5.61. The van der Waals surface area contributed by atoms with Gasteiger partial charge in [0, 0.05) is 6.54 Å². The fourth-order valence-electron chi connectivity index (χ4n) is 2.14. The molecule has 0 aliphatic rings. The normalized spacial score (nSPS) is 11.3. The van der Waals surface area contributed by atoms with E-state index in [2.05, 4.69) is 16.6 Å². The number of carbonyl (C=O) groups excluding carboxylic acids is 1. The Labute approximate surface area is 136 Å². The predicted octanol–water partition coefficient (Wildman–Crippen LogP) is -0.0676. The summed E-state index contributed by atoms with van der Waals surface area (Å²) >= 11 is 0. The Morgan fingerprint density at radius 3 is 2.79 bits per heavy atom. The first-order valence-electron chi connectivity index (χ1n) is 6.89. The molecule has 1 heterocycles. The minimum Gasteiger partial charge on any atom is -0.545 e. The Hall–Kier alpha value is -3.42. The van der Waals surface area contributed by atoms with E-state index in [1.807, 2.05) is 0 Å². The number of nitrogens with zero attached hydrogens (tertiary/aromatic N) is 2. The molecule has 0 bridgehead atoms. The Morgan fingerprint density at radius 2 is 2.17 bits per heavy atom. The van der Waals surface area contributed by atoms with E-state index in [0.29, 0.717) is 0 Å². The number of aromatic nitrogens is 2. The second kappa shape index (κ2) is 6.78. The summed E-state index contributed by atoms with van der Waals surface area (Å²) in [6.45, 7) is 4.93. The molecule has 8 heteroatoms. The SMILES string of the molecule is C=CCn1c(O)c(C(C)=Nc2cccc(C(=O)[O-])c2)c(=O)[nH]c1=O. The van der Waals surface area contributed by atoms with E-state index in [9.17, 15) is 24.6 Å². The maximum Gasteiger partial charge on any atom is 0.331 e. The molecule has 0 saturated heterocycles. The molecule has 0 unspecified atom stereocenters. The number of aromatic hydroxyl groups is 1. The van der Waals surface area contributed by atoms with Crippen molar-refractivity contribution in [1.29, 1.82) is 0 Å². The van der Waals surface area contributed by atoms with Gasteiger partial charge in [0.05, 0.1) is 17.4 Å². The minimum absolute atomic E-state index is 0.00188. The lowest BCUT2D eigenvalue weighted by Gasteiger charge is -2.09. The van der Waals surface area contributed by atoms with Crippen LogP contribution < -0.4 is 16.4 Å². The van der Waals surface area contributed by atoms with Crippen molar-refractivity contribution in [2.24, 2.45) is 4.99 Å². The number of hydrogen-bond acceptors (Lipinski definition) is 6. The van der Waals surface area contributed by atoms with Crippen LogP contribution >= 0.6 is 0 Å². The Balaban J connectivity index is 2.59. The number of allylic oxidation sites excluding steroid dienone is 1. The van der Waals surface area contributed by atoms with Crippen LogP contribution in [0.2, 0.25) is 0 Å². The monoisotopic (exact) mass is 328 g/mol. The Bertz CT molecular complexity index is 953. The molecule has 8 nitrogen and oxygen atoms in total. The average molecular weight is 328 g/mol. The Morgan fingerprint density at radius 1 is 1.46 bits per heavy atom. The van der Waals surface area contributed by atoms with Crippen LogP contribution in [0.3, 0.4) is 0 Å². The van der Waals surface area contributed by atoms with Crippen LogP contribution in [0.4, 0.5) is 5.69 Å². The standard InChI is InChI=1S/C16H15N3O5/c1-3-7-19-14(21)12(13(20)18-16(19)24)9(2)17-11-6-4-5-10(8-11)15(22)23/h3-6,8,21H,1,7H2,2H3,(H,22,23)(H,18,20,24)/p-1. The molecule has 0 saturated carbocycles. The molecule has 124 valence electrons. The van der Waals surface area contributed by atoms with Crippen LogP contribution in [-0.2, 0) is 6.54 Å². The van der Waals surface area contributed by atoms with Crippen molar-refractivity contribution >= 4 is 17.4 Å². The molecule has 2 rings (SSSR count). The summed E-state index contributed by atoms with van der Waals surface area (Å²) < 4.78 is 0.931. The second-order valence-electron chi connectivity index (χ2n) is 4.89. The number of carboxylic acids is 1. The first kappa shape index (κ1) is 16.9. The molecule has 0 aliphatic heterocycles. The quantitative estimate of drug-likeness (QED) is 0.587. The van der Waals surface area contributed by atoms with Gasteiger partial charge in [-0.2, -0.15) is 0 Å². The van der Waals surface area contributed by atoms with Crippen LogP contribution in [0.15, 0.2) is 51.5 Å². The van der Waals surface area contributed by atoms with Crippen molar-refractivity contribution in [2.75, 3.05) is 0 Å². The molecule has 1 aromatic heterocycles. The van der Waals surface area contributed by atoms with Crippen molar-refractivity contribution in [3.05, 3.63) is 68.9 Å². The third-order valence-corrected chi connectivity index (χ3v) is 3.22. The first-order valence-corrected chi connectivity index (χ1v) is 6.89. The van der Waals surface area contributed by atoms with Gasteiger partial charge in [0.25, 0.3) is 5.56 Å². The van der Waals surface area contributed by atoms with Gasteiger partial charge in [-0.1, -0.05) is 18.2 Å². The lowest BCUT2D eigenvalue weighted by atomic mass is 10.2. The topological polar surface area (TPSA) is 128 Å². The van der Waals surface area contributed by atoms with Gasteiger partial charge in [-0.25, -0.2) is 4.79 Å². The van der Waals surface area contributed by atoms with Gasteiger partial charge in [0.2, 0.25) is 5.88 Å². The number of hydrogen-bond donors (Lipinski definition) is 2. The van der Waals surface area contributed by atoms with Gasteiger partial charge in [-0.15, -0.1) is 6.58 Å². The van der Waals surface area contributed by atoms with E-state index in [0.717, 1.165) is 4.57 Å². The van der Waals surface area contributed by atoms with Crippen molar-refractivity contribution < 1.29 is 15.0 Å². The molecule has 0 spiro atoms. The summed E-state index contributed by atoms with van der Waals surface area (Å²) in [4.78, 5) is 40.8. The highest BCUT2D eigenvalue weighted by Gasteiger charge is 2.16. The molecule has 2 aromatic rings.